The first-order chi connectivity index (χ1) is 23.5. The summed E-state index contributed by atoms with van der Waals surface area (Å²) in [7, 11) is 0. The minimum atomic E-state index is -0.639. The molecule has 0 aliphatic heterocycles. The first-order valence-corrected chi connectivity index (χ1v) is 14.6. The predicted octanol–water partition coefficient (Wildman–Crippen LogP) is 7.78. The molecule has 0 atom stereocenters. The van der Waals surface area contributed by atoms with Gasteiger partial charge in [-0.25, -0.2) is 9.59 Å². The van der Waals surface area contributed by atoms with Crippen LogP contribution in [0.5, 0.6) is 11.5 Å². The third-order valence-corrected chi connectivity index (χ3v) is 8.23. The maximum atomic E-state index is 13.5. The van der Waals surface area contributed by atoms with Crippen molar-refractivity contribution >= 4 is 23.1 Å². The third kappa shape index (κ3) is 4.59. The summed E-state index contributed by atoms with van der Waals surface area (Å²) >= 11 is 0. The van der Waals surface area contributed by atoms with Gasteiger partial charge in [-0.15, -0.1) is 0 Å². The van der Waals surface area contributed by atoms with Crippen molar-refractivity contribution in [3.8, 4) is 58.0 Å². The number of nitrogens with zero attached hydrogens (tertiary/aromatic N) is 4. The van der Waals surface area contributed by atoms with Gasteiger partial charge in [0.1, 0.15) is 46.9 Å². The van der Waals surface area contributed by atoms with Gasteiger partial charge in [0, 0.05) is 22.3 Å². The molecule has 0 fully saturated rings. The summed E-state index contributed by atoms with van der Waals surface area (Å²) in [5, 5.41) is 38.4. The second-order valence-corrected chi connectivity index (χ2v) is 10.7. The van der Waals surface area contributed by atoms with Crippen LogP contribution in [-0.2, 0) is 0 Å². The fourth-order valence-electron chi connectivity index (χ4n) is 6.28. The summed E-state index contributed by atoms with van der Waals surface area (Å²) in [6, 6.07) is 38.5. The molecule has 7 rings (SSSR count). The van der Waals surface area contributed by atoms with Gasteiger partial charge in [-0.3, -0.25) is 0 Å². The number of fused-ring (bicyclic) bond motifs is 6. The van der Waals surface area contributed by atoms with Gasteiger partial charge in [-0.1, -0.05) is 72.8 Å². The molecule has 222 valence electrons. The van der Waals surface area contributed by atoms with Crippen LogP contribution in [0.3, 0.4) is 0 Å². The highest BCUT2D eigenvalue weighted by molar-refractivity contribution is 6.12. The molecule has 2 aliphatic carbocycles. The molecule has 0 bridgehead atoms. The van der Waals surface area contributed by atoms with Crippen molar-refractivity contribution in [2.24, 2.45) is 0 Å². The molecule has 0 N–H and O–H groups in total. The summed E-state index contributed by atoms with van der Waals surface area (Å²) in [6.07, 6.45) is 0. The van der Waals surface area contributed by atoms with E-state index in [1.807, 2.05) is 60.7 Å². The Morgan fingerprint density at radius 1 is 0.417 bits per heavy atom. The zero-order valence-electron chi connectivity index (χ0n) is 24.8. The van der Waals surface area contributed by atoms with Gasteiger partial charge in [-0.2, -0.15) is 21.0 Å². The van der Waals surface area contributed by atoms with Crippen molar-refractivity contribution < 1.29 is 19.1 Å². The van der Waals surface area contributed by atoms with E-state index in [4.69, 9.17) is 9.47 Å². The van der Waals surface area contributed by atoms with Gasteiger partial charge in [0.2, 0.25) is 0 Å². The molecular weight excluding hydrogens is 600 g/mol. The lowest BCUT2D eigenvalue weighted by Crippen LogP contribution is -2.11. The SMILES string of the molecule is N#CC(C#N)=C1c2ccccc2-c2c(C(=O)Oc3ccc(OC(=O)c4cccc5c4-c4ccccc4C5=C(C#N)C#N)cc3)cccc21. The summed E-state index contributed by atoms with van der Waals surface area (Å²) < 4.78 is 11.4. The van der Waals surface area contributed by atoms with Gasteiger partial charge >= 0.3 is 11.9 Å². The number of carbonyl (C=O) groups excluding carboxylic acids is 2. The van der Waals surface area contributed by atoms with Crippen molar-refractivity contribution in [1.82, 2.24) is 0 Å². The number of hydrogen-bond acceptors (Lipinski definition) is 8. The molecule has 0 saturated heterocycles. The van der Waals surface area contributed by atoms with E-state index in [0.717, 1.165) is 11.1 Å². The maximum absolute atomic E-state index is 13.5. The van der Waals surface area contributed by atoms with E-state index in [1.165, 1.54) is 24.3 Å². The van der Waals surface area contributed by atoms with Crippen molar-refractivity contribution in [3.63, 3.8) is 0 Å². The van der Waals surface area contributed by atoms with Gasteiger partial charge in [0.25, 0.3) is 0 Å². The number of nitriles is 4. The summed E-state index contributed by atoms with van der Waals surface area (Å²) in [6.45, 7) is 0. The van der Waals surface area contributed by atoms with Crippen molar-refractivity contribution in [3.05, 3.63) is 154 Å². The van der Waals surface area contributed by atoms with Gasteiger partial charge in [-0.05, 0) is 69.8 Å². The molecule has 48 heavy (non-hydrogen) atoms. The topological polar surface area (TPSA) is 148 Å². The van der Waals surface area contributed by atoms with Gasteiger partial charge in [0.05, 0.1) is 11.1 Å². The van der Waals surface area contributed by atoms with Crippen LogP contribution < -0.4 is 9.47 Å². The predicted molar refractivity (Wildman–Crippen MR) is 175 cm³/mol. The van der Waals surface area contributed by atoms with Gasteiger partial charge < -0.3 is 9.47 Å². The van der Waals surface area contributed by atoms with Crippen LogP contribution in [0.2, 0.25) is 0 Å². The van der Waals surface area contributed by atoms with E-state index in [-0.39, 0.29) is 33.8 Å². The Morgan fingerprint density at radius 2 is 0.750 bits per heavy atom. The normalized spacial score (nSPS) is 11.3. The number of benzene rings is 5. The molecule has 8 heteroatoms. The Morgan fingerprint density at radius 3 is 1.10 bits per heavy atom. The summed E-state index contributed by atoms with van der Waals surface area (Å²) in [5.41, 5.74) is 6.54. The molecule has 5 aromatic carbocycles. The Kier molecular flexibility index (Phi) is 7.16. The van der Waals surface area contributed by atoms with Crippen LogP contribution in [0.4, 0.5) is 0 Å². The van der Waals surface area contributed by atoms with Crippen LogP contribution in [-0.4, -0.2) is 11.9 Å². The quantitative estimate of drug-likeness (QED) is 0.110. The molecule has 0 spiro atoms. The minimum Gasteiger partial charge on any atom is -0.423 e. The highest BCUT2D eigenvalue weighted by atomic mass is 16.5. The number of carbonyl (C=O) groups is 2. The van der Waals surface area contributed by atoms with Crippen LogP contribution >= 0.6 is 0 Å². The number of allylic oxidation sites excluding steroid dienone is 2. The van der Waals surface area contributed by atoms with Crippen molar-refractivity contribution in [2.45, 2.75) is 0 Å². The average Bonchev–Trinajstić information content (AvgIpc) is 3.64. The third-order valence-electron chi connectivity index (χ3n) is 8.23. The molecule has 0 radical (unpaired) electrons. The van der Waals surface area contributed by atoms with Crippen LogP contribution in [0.15, 0.2) is 120 Å². The first-order valence-electron chi connectivity index (χ1n) is 14.6. The fraction of sp³-hybridized carbons (Fsp3) is 0. The number of rotatable bonds is 4. The monoisotopic (exact) mass is 618 g/mol. The summed E-state index contributed by atoms with van der Waals surface area (Å²) in [4.78, 5) is 27.0. The molecular formula is C40H18N4O4. The molecule has 0 aromatic heterocycles. The second kappa shape index (κ2) is 11.8. The fourth-order valence-corrected chi connectivity index (χ4v) is 6.28. The largest absolute Gasteiger partial charge is 0.423 e. The van der Waals surface area contributed by atoms with Crippen molar-refractivity contribution in [1.29, 1.82) is 21.0 Å². The molecule has 5 aromatic rings. The molecule has 0 saturated carbocycles. The Bertz CT molecular complexity index is 2270. The average molecular weight is 619 g/mol. The van der Waals surface area contributed by atoms with Crippen LogP contribution in [0.1, 0.15) is 43.0 Å². The molecule has 0 amide bonds. The zero-order valence-corrected chi connectivity index (χ0v) is 24.8. The Labute approximate surface area is 274 Å². The molecule has 0 heterocycles. The van der Waals surface area contributed by atoms with E-state index < -0.39 is 11.9 Å². The lowest BCUT2D eigenvalue weighted by molar-refractivity contribution is 0.0720. The van der Waals surface area contributed by atoms with E-state index in [9.17, 15) is 30.6 Å². The second-order valence-electron chi connectivity index (χ2n) is 10.7. The lowest BCUT2D eigenvalue weighted by atomic mass is 9.97. The Balaban J connectivity index is 1.15. The minimum absolute atomic E-state index is 0.0486. The summed E-state index contributed by atoms with van der Waals surface area (Å²) in [5.74, 6) is -0.864. The smallest absolute Gasteiger partial charge is 0.344 e. The zero-order chi connectivity index (χ0) is 33.4. The van der Waals surface area contributed by atoms with Gasteiger partial charge in [0.15, 0.2) is 0 Å². The van der Waals surface area contributed by atoms with Crippen molar-refractivity contribution in [2.75, 3.05) is 0 Å². The van der Waals surface area contributed by atoms with E-state index >= 15 is 0 Å². The lowest BCUT2D eigenvalue weighted by Gasteiger charge is -2.11. The maximum Gasteiger partial charge on any atom is 0.344 e. The molecule has 2 aliphatic rings. The number of ether oxygens (including phenoxy) is 2. The Hall–Kier alpha value is -7.52. The highest BCUT2D eigenvalue weighted by Gasteiger charge is 2.32. The molecule has 0 unspecified atom stereocenters. The number of hydrogen-bond donors (Lipinski definition) is 0. The van der Waals surface area contributed by atoms with Crippen LogP contribution in [0.25, 0.3) is 33.4 Å². The standard InChI is InChI=1S/C40H18N4O4/c41-19-23(20-42)35-27-7-1-3-9-29(27)37-31(35)11-5-13-33(37)39(45)47-25-15-17-26(18-16-25)48-40(46)34-14-6-12-32-36(24(21-43)22-44)28-8-2-4-10-30(28)38(32)34/h1-18H. The number of esters is 2. The first kappa shape index (κ1) is 29.2. The van der Waals surface area contributed by atoms with E-state index in [0.29, 0.717) is 44.5 Å². The highest BCUT2D eigenvalue weighted by Crippen LogP contribution is 2.48. The van der Waals surface area contributed by atoms with E-state index in [1.54, 1.807) is 48.5 Å². The van der Waals surface area contributed by atoms with E-state index in [2.05, 4.69) is 0 Å². The molecule has 8 nitrogen and oxygen atoms in total. The van der Waals surface area contributed by atoms with Crippen LogP contribution in [0, 0.1) is 45.3 Å².